The number of carbonyl (C=O) groups is 1. The van der Waals surface area contributed by atoms with Crippen LogP contribution in [0.5, 0.6) is 11.5 Å². The van der Waals surface area contributed by atoms with Gasteiger partial charge in [-0.25, -0.2) is 4.68 Å². The Balaban J connectivity index is 1.34. The van der Waals surface area contributed by atoms with Crippen molar-refractivity contribution in [2.24, 2.45) is 0 Å². The lowest BCUT2D eigenvalue weighted by Crippen LogP contribution is -2.36. The maximum absolute atomic E-state index is 12.6. The van der Waals surface area contributed by atoms with Crippen molar-refractivity contribution in [2.45, 2.75) is 44.7 Å². The third-order valence-corrected chi connectivity index (χ3v) is 6.18. The molecule has 0 radical (unpaired) electrons. The Kier molecular flexibility index (Phi) is 6.52. The Morgan fingerprint density at radius 1 is 1.07 bits per heavy atom. The van der Waals surface area contributed by atoms with Gasteiger partial charge in [-0.2, -0.15) is 0 Å². The largest absolute Gasteiger partial charge is 0.493 e. The summed E-state index contributed by atoms with van der Waals surface area (Å²) in [4.78, 5) is 17.0. The summed E-state index contributed by atoms with van der Waals surface area (Å²) >= 11 is 0. The molecule has 1 amide bonds. The van der Waals surface area contributed by atoms with Gasteiger partial charge >= 0.3 is 0 Å². The average Bonchev–Trinajstić information content (AvgIpc) is 3.29. The van der Waals surface area contributed by atoms with Crippen LogP contribution in [0.1, 0.15) is 54.2 Å². The second kappa shape index (κ2) is 9.47. The number of ether oxygens (including phenoxy) is 2. The molecule has 0 N–H and O–H groups in total. The fourth-order valence-electron chi connectivity index (χ4n) is 4.47. The predicted molar refractivity (Wildman–Crippen MR) is 113 cm³/mol. The molecule has 0 bridgehead atoms. The average molecular weight is 414 g/mol. The van der Waals surface area contributed by atoms with Gasteiger partial charge in [0.1, 0.15) is 0 Å². The topological polar surface area (TPSA) is 72.7 Å². The molecular formula is C22H31N5O3. The summed E-state index contributed by atoms with van der Waals surface area (Å²) in [5.41, 5.74) is 1.60. The molecule has 8 nitrogen and oxygen atoms in total. The Bertz CT molecular complexity index is 854. The molecule has 2 aliphatic heterocycles. The minimum absolute atomic E-state index is 0.0171. The number of likely N-dealkylation sites (tertiary alicyclic amines) is 2. The number of hydrogen-bond donors (Lipinski definition) is 0. The third kappa shape index (κ3) is 4.43. The lowest BCUT2D eigenvalue weighted by Gasteiger charge is -2.32. The van der Waals surface area contributed by atoms with Gasteiger partial charge in [0.05, 0.1) is 26.5 Å². The molecule has 2 aliphatic rings. The number of carbonyl (C=O) groups excluding carboxylic acids is 1. The van der Waals surface area contributed by atoms with E-state index in [4.69, 9.17) is 9.47 Å². The second-order valence-electron chi connectivity index (χ2n) is 8.10. The minimum atomic E-state index is 0.0171. The fourth-order valence-corrected chi connectivity index (χ4v) is 4.47. The van der Waals surface area contributed by atoms with Crippen LogP contribution in [0.3, 0.4) is 0 Å². The van der Waals surface area contributed by atoms with E-state index in [2.05, 4.69) is 21.3 Å². The summed E-state index contributed by atoms with van der Waals surface area (Å²) < 4.78 is 12.9. The molecule has 30 heavy (non-hydrogen) atoms. The maximum Gasteiger partial charge on any atom is 0.276 e. The molecule has 2 aromatic rings. The maximum atomic E-state index is 12.6. The third-order valence-electron chi connectivity index (χ3n) is 6.18. The molecule has 8 heteroatoms. The zero-order valence-corrected chi connectivity index (χ0v) is 17.9. The number of benzene rings is 1. The highest BCUT2D eigenvalue weighted by atomic mass is 16.5. The lowest BCUT2D eigenvalue weighted by atomic mass is 10.0. The Morgan fingerprint density at radius 3 is 2.53 bits per heavy atom. The molecule has 3 heterocycles. The minimum Gasteiger partial charge on any atom is -0.493 e. The van der Waals surface area contributed by atoms with Gasteiger partial charge in [-0.3, -0.25) is 9.69 Å². The van der Waals surface area contributed by atoms with Crippen LogP contribution in [0.15, 0.2) is 24.4 Å². The fraction of sp³-hybridized carbons (Fsp3) is 0.591. The van der Waals surface area contributed by atoms with Gasteiger partial charge in [-0.1, -0.05) is 17.3 Å². The van der Waals surface area contributed by atoms with E-state index in [-0.39, 0.29) is 11.9 Å². The summed E-state index contributed by atoms with van der Waals surface area (Å²) in [5.74, 6) is 1.58. The van der Waals surface area contributed by atoms with E-state index in [0.717, 1.165) is 75.5 Å². The normalized spacial score (nSPS) is 18.4. The molecular weight excluding hydrogens is 382 g/mol. The SMILES string of the molecule is COc1cccc(CN2CCC(n3cc(C(=O)N4CCCCC4)nn3)CC2)c1OC. The first-order valence-electron chi connectivity index (χ1n) is 10.8. The summed E-state index contributed by atoms with van der Waals surface area (Å²) in [7, 11) is 3.34. The highest BCUT2D eigenvalue weighted by Crippen LogP contribution is 2.32. The first-order chi connectivity index (χ1) is 14.7. The molecule has 2 fully saturated rings. The molecule has 1 aromatic carbocycles. The number of rotatable bonds is 6. The first kappa shape index (κ1) is 20.7. The van der Waals surface area contributed by atoms with E-state index < -0.39 is 0 Å². The van der Waals surface area contributed by atoms with Crippen LogP contribution in [0.2, 0.25) is 0 Å². The van der Waals surface area contributed by atoms with E-state index in [9.17, 15) is 4.79 Å². The number of hydrogen-bond acceptors (Lipinski definition) is 6. The van der Waals surface area contributed by atoms with Gasteiger partial charge in [-0.05, 0) is 38.2 Å². The van der Waals surface area contributed by atoms with Gasteiger partial charge in [-0.15, -0.1) is 5.10 Å². The van der Waals surface area contributed by atoms with Crippen molar-refractivity contribution in [1.29, 1.82) is 0 Å². The Hall–Kier alpha value is -2.61. The van der Waals surface area contributed by atoms with E-state index in [1.54, 1.807) is 14.2 Å². The van der Waals surface area contributed by atoms with Gasteiger partial charge in [0.25, 0.3) is 5.91 Å². The summed E-state index contributed by atoms with van der Waals surface area (Å²) in [6.07, 6.45) is 7.16. The zero-order valence-electron chi connectivity index (χ0n) is 17.9. The highest BCUT2D eigenvalue weighted by molar-refractivity contribution is 5.91. The molecule has 0 unspecified atom stereocenters. The molecule has 2 saturated heterocycles. The van der Waals surface area contributed by atoms with Gasteiger partial charge in [0.2, 0.25) is 0 Å². The van der Waals surface area contributed by atoms with Crippen molar-refractivity contribution in [1.82, 2.24) is 24.8 Å². The summed E-state index contributed by atoms with van der Waals surface area (Å²) in [6, 6.07) is 6.29. The summed E-state index contributed by atoms with van der Waals surface area (Å²) in [6.45, 7) is 4.40. The van der Waals surface area contributed by atoms with Crippen LogP contribution >= 0.6 is 0 Å². The molecule has 0 saturated carbocycles. The van der Waals surface area contributed by atoms with Crippen LogP contribution in [0.25, 0.3) is 0 Å². The van der Waals surface area contributed by atoms with Gasteiger partial charge < -0.3 is 14.4 Å². The summed E-state index contributed by atoms with van der Waals surface area (Å²) in [5, 5.41) is 8.45. The zero-order chi connectivity index (χ0) is 20.9. The molecule has 0 aliphatic carbocycles. The van der Waals surface area contributed by atoms with E-state index >= 15 is 0 Å². The number of piperidine rings is 2. The number of methoxy groups -OCH3 is 2. The van der Waals surface area contributed by atoms with Crippen molar-refractivity contribution in [3.05, 3.63) is 35.7 Å². The van der Waals surface area contributed by atoms with Crippen molar-refractivity contribution >= 4 is 5.91 Å². The Morgan fingerprint density at radius 2 is 1.83 bits per heavy atom. The quantitative estimate of drug-likeness (QED) is 0.725. The van der Waals surface area contributed by atoms with Crippen LogP contribution in [0, 0.1) is 0 Å². The first-order valence-corrected chi connectivity index (χ1v) is 10.8. The van der Waals surface area contributed by atoms with Crippen LogP contribution < -0.4 is 9.47 Å². The van der Waals surface area contributed by atoms with Crippen molar-refractivity contribution in [3.63, 3.8) is 0 Å². The Labute approximate surface area is 177 Å². The van der Waals surface area contributed by atoms with Gasteiger partial charge in [0.15, 0.2) is 17.2 Å². The molecule has 0 spiro atoms. The monoisotopic (exact) mass is 413 g/mol. The van der Waals surface area contributed by atoms with E-state index in [1.165, 1.54) is 6.42 Å². The molecule has 1 aromatic heterocycles. The van der Waals surface area contributed by atoms with Crippen molar-refractivity contribution < 1.29 is 14.3 Å². The van der Waals surface area contributed by atoms with Crippen LogP contribution in [0.4, 0.5) is 0 Å². The molecule has 0 atom stereocenters. The van der Waals surface area contributed by atoms with Crippen LogP contribution in [-0.4, -0.2) is 71.1 Å². The second-order valence-corrected chi connectivity index (χ2v) is 8.10. The standard InChI is InChI=1S/C22H31N5O3/c1-29-20-8-6-7-17(21(20)30-2)15-25-13-9-18(10-14-25)27-16-19(23-24-27)22(28)26-11-4-3-5-12-26/h6-8,16,18H,3-5,9-15H2,1-2H3. The smallest absolute Gasteiger partial charge is 0.276 e. The number of para-hydroxylation sites is 1. The van der Waals surface area contributed by atoms with Crippen molar-refractivity contribution in [3.8, 4) is 11.5 Å². The molecule has 162 valence electrons. The van der Waals surface area contributed by atoms with E-state index in [0.29, 0.717) is 5.69 Å². The number of amides is 1. The number of aromatic nitrogens is 3. The van der Waals surface area contributed by atoms with Crippen LogP contribution in [-0.2, 0) is 6.54 Å². The lowest BCUT2D eigenvalue weighted by molar-refractivity contribution is 0.0718. The van der Waals surface area contributed by atoms with Gasteiger partial charge in [0, 0.05) is 38.3 Å². The number of nitrogens with zero attached hydrogens (tertiary/aromatic N) is 5. The van der Waals surface area contributed by atoms with E-state index in [1.807, 2.05) is 27.9 Å². The predicted octanol–water partition coefficient (Wildman–Crippen LogP) is 2.76. The van der Waals surface area contributed by atoms with Crippen molar-refractivity contribution in [2.75, 3.05) is 40.4 Å². The molecule has 4 rings (SSSR count). The highest BCUT2D eigenvalue weighted by Gasteiger charge is 2.25.